The van der Waals surface area contributed by atoms with Crippen molar-refractivity contribution < 1.29 is 0 Å². The molecule has 5 heteroatoms. The van der Waals surface area contributed by atoms with Crippen molar-refractivity contribution in [3.8, 4) is 11.4 Å². The highest BCUT2D eigenvalue weighted by Crippen LogP contribution is 2.29. The third-order valence-electron chi connectivity index (χ3n) is 6.57. The van der Waals surface area contributed by atoms with Gasteiger partial charge in [-0.2, -0.15) is 0 Å². The molecule has 3 N–H and O–H groups in total. The van der Waals surface area contributed by atoms with Crippen LogP contribution in [0.5, 0.6) is 0 Å². The summed E-state index contributed by atoms with van der Waals surface area (Å²) in [5, 5.41) is 3.54. The summed E-state index contributed by atoms with van der Waals surface area (Å²) in [4.78, 5) is 16.1. The van der Waals surface area contributed by atoms with Crippen molar-refractivity contribution in [2.24, 2.45) is 0 Å². The van der Waals surface area contributed by atoms with E-state index in [1.807, 2.05) is 30.6 Å². The van der Waals surface area contributed by atoms with Gasteiger partial charge in [0.1, 0.15) is 11.6 Å². The lowest BCUT2D eigenvalue weighted by molar-refractivity contribution is 0.668. The molecule has 0 saturated carbocycles. The second-order valence-corrected chi connectivity index (χ2v) is 9.14. The van der Waals surface area contributed by atoms with Gasteiger partial charge in [-0.15, -0.1) is 0 Å². The Morgan fingerprint density at radius 1 is 0.611 bits per heavy atom. The SMILES string of the molecule is c1ccc(-c2ncc(CCNCCc3cnc(CCC(c4ccccc4)c4ccccc4)[nH]3)[nH]2)cc1. The number of hydrogen-bond acceptors (Lipinski definition) is 3. The van der Waals surface area contributed by atoms with Gasteiger partial charge in [-0.25, -0.2) is 9.97 Å². The number of aryl methyl sites for hydroxylation is 1. The number of benzene rings is 3. The minimum Gasteiger partial charge on any atom is -0.346 e. The first kappa shape index (κ1) is 23.8. The highest BCUT2D eigenvalue weighted by atomic mass is 14.9. The third kappa shape index (κ3) is 6.37. The summed E-state index contributed by atoms with van der Waals surface area (Å²) in [5.41, 5.74) is 6.16. The molecule has 0 bridgehead atoms. The Balaban J connectivity index is 1.07. The highest BCUT2D eigenvalue weighted by molar-refractivity contribution is 5.54. The van der Waals surface area contributed by atoms with E-state index in [-0.39, 0.29) is 0 Å². The van der Waals surface area contributed by atoms with Crippen molar-refractivity contribution >= 4 is 0 Å². The lowest BCUT2D eigenvalue weighted by Gasteiger charge is -2.17. The van der Waals surface area contributed by atoms with Gasteiger partial charge >= 0.3 is 0 Å². The molecule has 0 saturated heterocycles. The van der Waals surface area contributed by atoms with E-state index >= 15 is 0 Å². The quantitative estimate of drug-likeness (QED) is 0.196. The number of nitrogens with one attached hydrogen (secondary N) is 3. The summed E-state index contributed by atoms with van der Waals surface area (Å²) in [7, 11) is 0. The number of aromatic nitrogens is 4. The van der Waals surface area contributed by atoms with Gasteiger partial charge in [-0.05, 0) is 17.5 Å². The Bertz CT molecular complexity index is 1270. The molecule has 0 spiro atoms. The molecule has 0 aliphatic carbocycles. The zero-order valence-electron chi connectivity index (χ0n) is 20.5. The third-order valence-corrected chi connectivity index (χ3v) is 6.57. The van der Waals surface area contributed by atoms with E-state index in [2.05, 4.69) is 98.0 Å². The second-order valence-electron chi connectivity index (χ2n) is 9.14. The molecule has 3 aromatic carbocycles. The van der Waals surface area contributed by atoms with Crippen LogP contribution in [0.3, 0.4) is 0 Å². The molecule has 5 nitrogen and oxygen atoms in total. The molecule has 0 unspecified atom stereocenters. The first-order valence-electron chi connectivity index (χ1n) is 12.8. The van der Waals surface area contributed by atoms with Crippen molar-refractivity contribution in [1.82, 2.24) is 25.3 Å². The van der Waals surface area contributed by atoms with E-state index in [0.29, 0.717) is 5.92 Å². The molecular formula is C31H33N5. The first-order valence-corrected chi connectivity index (χ1v) is 12.8. The number of aromatic amines is 2. The van der Waals surface area contributed by atoms with E-state index in [1.165, 1.54) is 16.8 Å². The maximum Gasteiger partial charge on any atom is 0.137 e. The Kier molecular flexibility index (Phi) is 8.01. The predicted molar refractivity (Wildman–Crippen MR) is 146 cm³/mol. The summed E-state index contributed by atoms with van der Waals surface area (Å²) < 4.78 is 0. The average Bonchev–Trinajstić information content (AvgIpc) is 3.60. The molecule has 2 aromatic heterocycles. The first-order chi connectivity index (χ1) is 17.8. The van der Waals surface area contributed by atoms with Crippen molar-refractivity contribution in [1.29, 1.82) is 0 Å². The van der Waals surface area contributed by atoms with Crippen LogP contribution in [0.25, 0.3) is 11.4 Å². The van der Waals surface area contributed by atoms with Gasteiger partial charge in [0.15, 0.2) is 0 Å². The smallest absolute Gasteiger partial charge is 0.137 e. The van der Waals surface area contributed by atoms with Gasteiger partial charge in [0.2, 0.25) is 0 Å². The topological polar surface area (TPSA) is 69.4 Å². The van der Waals surface area contributed by atoms with Crippen LogP contribution in [0.15, 0.2) is 103 Å². The van der Waals surface area contributed by atoms with Crippen molar-refractivity contribution in [3.05, 3.63) is 132 Å². The van der Waals surface area contributed by atoms with Crippen molar-refractivity contribution in [2.75, 3.05) is 13.1 Å². The van der Waals surface area contributed by atoms with E-state index in [9.17, 15) is 0 Å². The van der Waals surface area contributed by atoms with Gasteiger partial charge in [-0.3, -0.25) is 0 Å². The Labute approximate surface area is 213 Å². The molecule has 5 rings (SSSR count). The Morgan fingerprint density at radius 2 is 1.17 bits per heavy atom. The highest BCUT2D eigenvalue weighted by Gasteiger charge is 2.15. The molecule has 36 heavy (non-hydrogen) atoms. The Morgan fingerprint density at radius 3 is 1.81 bits per heavy atom. The van der Waals surface area contributed by atoms with Crippen LogP contribution in [0.4, 0.5) is 0 Å². The summed E-state index contributed by atoms with van der Waals surface area (Å²) >= 11 is 0. The minimum absolute atomic E-state index is 0.368. The molecule has 0 aliphatic rings. The second kappa shape index (κ2) is 12.1. The van der Waals surface area contributed by atoms with E-state index < -0.39 is 0 Å². The lowest BCUT2D eigenvalue weighted by atomic mass is 9.87. The molecule has 0 radical (unpaired) electrons. The predicted octanol–water partition coefficient (Wildman–Crippen LogP) is 5.94. The molecule has 2 heterocycles. The molecule has 0 amide bonds. The zero-order valence-corrected chi connectivity index (χ0v) is 20.5. The maximum absolute atomic E-state index is 4.66. The number of hydrogen-bond donors (Lipinski definition) is 3. The molecule has 182 valence electrons. The summed E-state index contributed by atoms with van der Waals surface area (Å²) in [6.07, 6.45) is 7.72. The number of rotatable bonds is 12. The average molecular weight is 476 g/mol. The fourth-order valence-corrected chi connectivity index (χ4v) is 4.64. The normalized spacial score (nSPS) is 11.2. The van der Waals surface area contributed by atoms with Crippen molar-refractivity contribution in [3.63, 3.8) is 0 Å². The molecule has 0 fully saturated rings. The molecular weight excluding hydrogens is 442 g/mol. The Hall–Kier alpha value is -3.96. The summed E-state index contributed by atoms with van der Waals surface area (Å²) in [6.45, 7) is 1.82. The van der Waals surface area contributed by atoms with E-state index in [1.54, 1.807) is 0 Å². The fourth-order valence-electron chi connectivity index (χ4n) is 4.64. The van der Waals surface area contributed by atoms with Crippen LogP contribution < -0.4 is 5.32 Å². The largest absolute Gasteiger partial charge is 0.346 e. The minimum atomic E-state index is 0.368. The molecule has 0 aliphatic heterocycles. The fraction of sp³-hybridized carbons (Fsp3) is 0.226. The summed E-state index contributed by atoms with van der Waals surface area (Å²) in [5.74, 6) is 2.36. The monoisotopic (exact) mass is 475 g/mol. The lowest BCUT2D eigenvalue weighted by Crippen LogP contribution is -2.20. The number of H-pyrrole nitrogens is 2. The van der Waals surface area contributed by atoms with Gasteiger partial charge in [-0.1, -0.05) is 91.0 Å². The van der Waals surface area contributed by atoms with Gasteiger partial charge in [0, 0.05) is 67.6 Å². The van der Waals surface area contributed by atoms with E-state index in [4.69, 9.17) is 0 Å². The molecule has 5 aromatic rings. The van der Waals surface area contributed by atoms with Crippen LogP contribution in [0.2, 0.25) is 0 Å². The van der Waals surface area contributed by atoms with Crippen LogP contribution in [-0.4, -0.2) is 33.0 Å². The van der Waals surface area contributed by atoms with Gasteiger partial charge in [0.05, 0.1) is 0 Å². The van der Waals surface area contributed by atoms with Gasteiger partial charge in [0.25, 0.3) is 0 Å². The van der Waals surface area contributed by atoms with Gasteiger partial charge < -0.3 is 15.3 Å². The van der Waals surface area contributed by atoms with Crippen LogP contribution in [0, 0.1) is 0 Å². The maximum atomic E-state index is 4.66. The zero-order chi connectivity index (χ0) is 24.4. The summed E-state index contributed by atoms with van der Waals surface area (Å²) in [6, 6.07) is 31.8. The number of nitrogens with zero attached hydrogens (tertiary/aromatic N) is 2. The standard InChI is InChI=1S/C31H33N5/c1-4-10-24(11-5-1)29(25-12-6-2-7-13-25)16-17-30-33-22-27(35-30)18-20-32-21-19-28-23-34-31(36-28)26-14-8-3-9-15-26/h1-15,22-23,29,32H,16-21H2,(H,33,35)(H,34,36). The van der Waals surface area contributed by atoms with Crippen LogP contribution in [-0.2, 0) is 19.3 Å². The van der Waals surface area contributed by atoms with Crippen LogP contribution in [0.1, 0.15) is 40.7 Å². The molecule has 0 atom stereocenters. The van der Waals surface area contributed by atoms with Crippen molar-refractivity contribution in [2.45, 2.75) is 31.6 Å². The number of imidazole rings is 2. The van der Waals surface area contributed by atoms with E-state index in [0.717, 1.165) is 61.7 Å². The van der Waals surface area contributed by atoms with Crippen LogP contribution >= 0.6 is 0 Å².